The quantitative estimate of drug-likeness (QED) is 0.751. The van der Waals surface area contributed by atoms with Crippen molar-refractivity contribution in [1.82, 2.24) is 9.97 Å². The highest BCUT2D eigenvalue weighted by Gasteiger charge is 2.23. The van der Waals surface area contributed by atoms with Crippen molar-refractivity contribution in [3.63, 3.8) is 0 Å². The Bertz CT molecular complexity index is 702. The number of anilines is 2. The summed E-state index contributed by atoms with van der Waals surface area (Å²) in [7, 11) is 0. The predicted molar refractivity (Wildman–Crippen MR) is 89.5 cm³/mol. The summed E-state index contributed by atoms with van der Waals surface area (Å²) in [6.45, 7) is 4.05. The molecule has 0 saturated carbocycles. The van der Waals surface area contributed by atoms with Crippen molar-refractivity contribution in [3.05, 3.63) is 35.9 Å². The lowest BCUT2D eigenvalue weighted by Crippen LogP contribution is -2.19. The lowest BCUT2D eigenvalue weighted by molar-refractivity contribution is 0.0687. The topological polar surface area (TPSA) is 107 Å². The van der Waals surface area contributed by atoms with Crippen LogP contribution < -0.4 is 11.5 Å². The number of hydrogen-bond donors (Lipinski definition) is 3. The summed E-state index contributed by atoms with van der Waals surface area (Å²) < 4.78 is 5.73. The first-order chi connectivity index (χ1) is 10.9. The molecule has 0 spiro atoms. The van der Waals surface area contributed by atoms with Gasteiger partial charge < -0.3 is 21.3 Å². The number of nitrogens with zero attached hydrogens (tertiary/aromatic N) is 2. The van der Waals surface area contributed by atoms with Crippen LogP contribution in [0.2, 0.25) is 0 Å². The molecule has 6 nitrogen and oxygen atoms in total. The van der Waals surface area contributed by atoms with Crippen LogP contribution in [0.5, 0.6) is 0 Å². The summed E-state index contributed by atoms with van der Waals surface area (Å²) in [5.74, 6) is 0.379. The van der Waals surface area contributed by atoms with Crippen molar-refractivity contribution >= 4 is 11.4 Å². The first kappa shape index (κ1) is 15.7. The van der Waals surface area contributed by atoms with Crippen LogP contribution in [0.25, 0.3) is 11.1 Å². The third kappa shape index (κ3) is 3.13. The fourth-order valence-electron chi connectivity index (χ4n) is 2.75. The number of nitrogens with two attached hydrogens (primary N) is 2. The van der Waals surface area contributed by atoms with Gasteiger partial charge in [0.15, 0.2) is 5.82 Å². The van der Waals surface area contributed by atoms with E-state index in [9.17, 15) is 5.11 Å². The second kappa shape index (κ2) is 5.79. The van der Waals surface area contributed by atoms with Crippen LogP contribution in [0.3, 0.4) is 0 Å². The van der Waals surface area contributed by atoms with Crippen LogP contribution in [0.4, 0.5) is 11.4 Å². The zero-order valence-electron chi connectivity index (χ0n) is 13.4. The molecule has 1 atom stereocenters. The van der Waals surface area contributed by atoms with E-state index in [0.717, 1.165) is 36.1 Å². The third-order valence-corrected chi connectivity index (χ3v) is 4.05. The maximum absolute atomic E-state index is 9.94. The molecule has 0 bridgehead atoms. The molecule has 2 heterocycles. The molecular formula is C17H22N4O2. The maximum atomic E-state index is 9.94. The monoisotopic (exact) mass is 314 g/mol. The Balaban J connectivity index is 1.99. The number of ether oxygens (including phenoxy) is 1. The summed E-state index contributed by atoms with van der Waals surface area (Å²) in [5.41, 5.74) is 14.9. The van der Waals surface area contributed by atoms with Gasteiger partial charge in [0.1, 0.15) is 5.60 Å². The molecule has 0 amide bonds. The van der Waals surface area contributed by atoms with E-state index in [-0.39, 0.29) is 6.10 Å². The summed E-state index contributed by atoms with van der Waals surface area (Å²) in [5, 5.41) is 9.94. The predicted octanol–water partition coefficient (Wildman–Crippen LogP) is 2.39. The van der Waals surface area contributed by atoms with Crippen LogP contribution in [-0.2, 0) is 10.3 Å². The lowest BCUT2D eigenvalue weighted by Gasteiger charge is -2.17. The Labute approximate surface area is 135 Å². The number of nitrogen functional groups attached to an aromatic ring is 2. The van der Waals surface area contributed by atoms with Gasteiger partial charge in [-0.2, -0.15) is 0 Å². The van der Waals surface area contributed by atoms with Crippen LogP contribution >= 0.6 is 0 Å². The number of benzene rings is 1. The van der Waals surface area contributed by atoms with E-state index in [1.807, 2.05) is 12.1 Å². The molecule has 1 aromatic heterocycles. The molecular weight excluding hydrogens is 292 g/mol. The van der Waals surface area contributed by atoms with Crippen molar-refractivity contribution in [2.75, 3.05) is 18.1 Å². The molecule has 122 valence electrons. The minimum Gasteiger partial charge on any atom is -0.397 e. The fourth-order valence-corrected chi connectivity index (χ4v) is 2.75. The average Bonchev–Trinajstić information content (AvgIpc) is 3.03. The van der Waals surface area contributed by atoms with Gasteiger partial charge in [0.25, 0.3) is 0 Å². The summed E-state index contributed by atoms with van der Waals surface area (Å²) >= 11 is 0. The maximum Gasteiger partial charge on any atom is 0.159 e. The minimum atomic E-state index is -1.07. The summed E-state index contributed by atoms with van der Waals surface area (Å²) in [6.07, 6.45) is 5.34. The first-order valence-electron chi connectivity index (χ1n) is 7.72. The highest BCUT2D eigenvalue weighted by molar-refractivity contribution is 5.77. The van der Waals surface area contributed by atoms with Crippen molar-refractivity contribution in [2.24, 2.45) is 0 Å². The average molecular weight is 314 g/mol. The van der Waals surface area contributed by atoms with Crippen molar-refractivity contribution in [3.8, 4) is 11.1 Å². The molecule has 3 rings (SSSR count). The van der Waals surface area contributed by atoms with E-state index in [4.69, 9.17) is 16.2 Å². The molecule has 2 aromatic rings. The highest BCUT2D eigenvalue weighted by atomic mass is 16.5. The molecule has 1 aliphatic heterocycles. The van der Waals surface area contributed by atoms with Crippen molar-refractivity contribution in [2.45, 2.75) is 38.4 Å². The fraction of sp³-hybridized carbons (Fsp3) is 0.412. The summed E-state index contributed by atoms with van der Waals surface area (Å²) in [4.78, 5) is 8.48. The zero-order valence-corrected chi connectivity index (χ0v) is 13.4. The molecule has 1 aliphatic rings. The standard InChI is InChI=1S/C17H22N4O2/c1-17(2,22)16-20-8-11(9-21-16)10-6-12(14-4-3-5-23-14)15(19)13(18)7-10/h6-9,14,22H,3-5,18-19H2,1-2H3. The van der Waals surface area contributed by atoms with Gasteiger partial charge in [0, 0.05) is 30.1 Å². The molecule has 0 aliphatic carbocycles. The third-order valence-electron chi connectivity index (χ3n) is 4.05. The largest absolute Gasteiger partial charge is 0.397 e. The Hall–Kier alpha value is -2.18. The van der Waals surface area contributed by atoms with E-state index in [0.29, 0.717) is 17.2 Å². The van der Waals surface area contributed by atoms with Crippen LogP contribution in [-0.4, -0.2) is 21.7 Å². The van der Waals surface area contributed by atoms with E-state index >= 15 is 0 Å². The van der Waals surface area contributed by atoms with E-state index in [1.54, 1.807) is 26.2 Å². The zero-order chi connectivity index (χ0) is 16.6. The van der Waals surface area contributed by atoms with Gasteiger partial charge in [-0.3, -0.25) is 0 Å². The number of aromatic nitrogens is 2. The molecule has 1 unspecified atom stereocenters. The Morgan fingerprint density at radius 1 is 1.17 bits per heavy atom. The van der Waals surface area contributed by atoms with Gasteiger partial charge in [0.2, 0.25) is 0 Å². The van der Waals surface area contributed by atoms with Gasteiger partial charge in [-0.25, -0.2) is 9.97 Å². The van der Waals surface area contributed by atoms with Crippen molar-refractivity contribution < 1.29 is 9.84 Å². The molecule has 1 aromatic carbocycles. The van der Waals surface area contributed by atoms with Gasteiger partial charge in [-0.15, -0.1) is 0 Å². The second-order valence-corrected chi connectivity index (χ2v) is 6.42. The van der Waals surface area contributed by atoms with Crippen LogP contribution in [0, 0.1) is 0 Å². The van der Waals surface area contributed by atoms with Crippen LogP contribution in [0.1, 0.15) is 44.2 Å². The molecule has 6 heteroatoms. The highest BCUT2D eigenvalue weighted by Crippen LogP contribution is 2.38. The van der Waals surface area contributed by atoms with Gasteiger partial charge in [-0.1, -0.05) is 0 Å². The Morgan fingerprint density at radius 2 is 1.87 bits per heavy atom. The van der Waals surface area contributed by atoms with E-state index in [2.05, 4.69) is 9.97 Å². The molecule has 1 saturated heterocycles. The minimum absolute atomic E-state index is 0.00573. The normalized spacial score (nSPS) is 18.3. The van der Waals surface area contributed by atoms with Gasteiger partial charge >= 0.3 is 0 Å². The molecule has 1 fully saturated rings. The summed E-state index contributed by atoms with van der Waals surface area (Å²) in [6, 6.07) is 3.81. The smallest absolute Gasteiger partial charge is 0.159 e. The first-order valence-corrected chi connectivity index (χ1v) is 7.72. The van der Waals surface area contributed by atoms with Gasteiger partial charge in [0.05, 0.1) is 17.5 Å². The van der Waals surface area contributed by atoms with E-state index < -0.39 is 5.60 Å². The Kier molecular flexibility index (Phi) is 3.95. The second-order valence-electron chi connectivity index (χ2n) is 6.42. The molecule has 5 N–H and O–H groups in total. The molecule has 23 heavy (non-hydrogen) atoms. The van der Waals surface area contributed by atoms with Crippen molar-refractivity contribution in [1.29, 1.82) is 0 Å². The Morgan fingerprint density at radius 3 is 2.43 bits per heavy atom. The molecule has 0 radical (unpaired) electrons. The van der Waals surface area contributed by atoms with Gasteiger partial charge in [-0.05, 0) is 44.4 Å². The van der Waals surface area contributed by atoms with Crippen LogP contribution in [0.15, 0.2) is 24.5 Å². The number of aliphatic hydroxyl groups is 1. The SMILES string of the molecule is CC(C)(O)c1ncc(-c2cc(N)c(N)c(C3CCCO3)c2)cn1. The van der Waals surface area contributed by atoms with E-state index in [1.165, 1.54) is 0 Å². The lowest BCUT2D eigenvalue weighted by atomic mass is 9.98. The number of rotatable bonds is 3. The number of hydrogen-bond acceptors (Lipinski definition) is 6.